The number of carbonyl (C=O) groups is 2. The third-order valence-electron chi connectivity index (χ3n) is 2.06. The molecule has 0 bridgehead atoms. The van der Waals surface area contributed by atoms with Gasteiger partial charge in [-0.1, -0.05) is 0 Å². The topological polar surface area (TPSA) is 89.4 Å². The molecule has 0 aliphatic rings. The molecule has 6 heteroatoms. The molecule has 0 spiro atoms. The van der Waals surface area contributed by atoms with Crippen molar-refractivity contribution in [3.63, 3.8) is 0 Å². The molecule has 2 heterocycles. The normalized spacial score (nSPS) is 9.78. The van der Waals surface area contributed by atoms with Crippen LogP contribution in [0, 0.1) is 0 Å². The molecule has 2 rings (SSSR count). The molecule has 2 aromatic heterocycles. The molecule has 0 radical (unpaired) electrons. The molecule has 0 amide bonds. The average molecular weight is 244 g/mol. The molecule has 90 valence electrons. The summed E-state index contributed by atoms with van der Waals surface area (Å²) < 4.78 is 5.01. The molecular formula is C12H8N2O4. The lowest BCUT2D eigenvalue weighted by Gasteiger charge is -2.03. The maximum atomic E-state index is 11.7. The van der Waals surface area contributed by atoms with Crippen LogP contribution < -0.4 is 4.74 Å². The van der Waals surface area contributed by atoms with Gasteiger partial charge in [0.15, 0.2) is 0 Å². The smallest absolute Gasteiger partial charge is 0.354 e. The SMILES string of the molecule is O=C(Oc1cccnc1)c1ccc(C(=O)O)nc1. The Hall–Kier alpha value is -2.76. The minimum absolute atomic E-state index is 0.132. The molecule has 0 aromatic carbocycles. The number of esters is 1. The maximum Gasteiger partial charge on any atom is 0.354 e. The van der Waals surface area contributed by atoms with Crippen LogP contribution in [0.25, 0.3) is 0 Å². The van der Waals surface area contributed by atoms with E-state index in [1.54, 1.807) is 18.3 Å². The highest BCUT2D eigenvalue weighted by molar-refractivity contribution is 5.92. The van der Waals surface area contributed by atoms with Crippen molar-refractivity contribution < 1.29 is 19.4 Å². The number of aromatic nitrogens is 2. The van der Waals surface area contributed by atoms with Crippen molar-refractivity contribution in [2.24, 2.45) is 0 Å². The van der Waals surface area contributed by atoms with E-state index in [9.17, 15) is 9.59 Å². The Morgan fingerprint density at radius 3 is 2.56 bits per heavy atom. The molecule has 0 saturated heterocycles. The number of nitrogens with zero attached hydrogens (tertiary/aromatic N) is 2. The van der Waals surface area contributed by atoms with Gasteiger partial charge in [0.2, 0.25) is 0 Å². The summed E-state index contributed by atoms with van der Waals surface area (Å²) >= 11 is 0. The van der Waals surface area contributed by atoms with Crippen LogP contribution in [0.3, 0.4) is 0 Å². The predicted molar refractivity (Wildman–Crippen MR) is 60.4 cm³/mol. The van der Waals surface area contributed by atoms with E-state index in [-0.39, 0.29) is 11.3 Å². The number of aromatic carboxylic acids is 1. The minimum Gasteiger partial charge on any atom is -0.477 e. The molecule has 0 aliphatic heterocycles. The Morgan fingerprint density at radius 2 is 2.00 bits per heavy atom. The lowest BCUT2D eigenvalue weighted by atomic mass is 10.2. The van der Waals surface area contributed by atoms with E-state index in [0.29, 0.717) is 5.75 Å². The van der Waals surface area contributed by atoms with E-state index in [0.717, 1.165) is 6.20 Å². The summed E-state index contributed by atoms with van der Waals surface area (Å²) in [6, 6.07) is 5.80. The minimum atomic E-state index is -1.15. The van der Waals surface area contributed by atoms with Crippen molar-refractivity contribution in [3.05, 3.63) is 54.1 Å². The van der Waals surface area contributed by atoms with E-state index in [1.807, 2.05) is 0 Å². The van der Waals surface area contributed by atoms with Gasteiger partial charge in [-0.2, -0.15) is 0 Å². The Balaban J connectivity index is 2.12. The van der Waals surface area contributed by atoms with Gasteiger partial charge in [-0.05, 0) is 24.3 Å². The molecule has 18 heavy (non-hydrogen) atoms. The average Bonchev–Trinajstić information content (AvgIpc) is 2.40. The van der Waals surface area contributed by atoms with Crippen molar-refractivity contribution in [2.75, 3.05) is 0 Å². The second-order valence-corrected chi connectivity index (χ2v) is 3.32. The molecule has 6 nitrogen and oxygen atoms in total. The first kappa shape index (κ1) is 11.7. The maximum absolute atomic E-state index is 11.7. The van der Waals surface area contributed by atoms with E-state index in [4.69, 9.17) is 9.84 Å². The van der Waals surface area contributed by atoms with Crippen LogP contribution in [0.1, 0.15) is 20.8 Å². The lowest BCUT2D eigenvalue weighted by molar-refractivity contribution is 0.0685. The van der Waals surface area contributed by atoms with Gasteiger partial charge in [0, 0.05) is 12.4 Å². The monoisotopic (exact) mass is 244 g/mol. The number of rotatable bonds is 3. The Kier molecular flexibility index (Phi) is 3.29. The predicted octanol–water partition coefficient (Wildman–Crippen LogP) is 1.39. The van der Waals surface area contributed by atoms with Crippen molar-refractivity contribution in [1.82, 2.24) is 9.97 Å². The van der Waals surface area contributed by atoms with Crippen molar-refractivity contribution in [3.8, 4) is 5.75 Å². The number of carboxylic acid groups (broad SMARTS) is 1. The second-order valence-electron chi connectivity index (χ2n) is 3.32. The number of ether oxygens (including phenoxy) is 1. The zero-order chi connectivity index (χ0) is 13.0. The second kappa shape index (κ2) is 5.05. The Labute approximate surface area is 102 Å². The van der Waals surface area contributed by atoms with Crippen LogP contribution in [-0.4, -0.2) is 27.0 Å². The largest absolute Gasteiger partial charge is 0.477 e. The van der Waals surface area contributed by atoms with Gasteiger partial charge in [-0.25, -0.2) is 14.6 Å². The van der Waals surface area contributed by atoms with Crippen molar-refractivity contribution >= 4 is 11.9 Å². The lowest BCUT2D eigenvalue weighted by Crippen LogP contribution is -2.10. The number of hydrogen-bond acceptors (Lipinski definition) is 5. The van der Waals surface area contributed by atoms with E-state index in [2.05, 4.69) is 9.97 Å². The van der Waals surface area contributed by atoms with Gasteiger partial charge < -0.3 is 9.84 Å². The summed E-state index contributed by atoms with van der Waals surface area (Å²) in [4.78, 5) is 29.7. The van der Waals surface area contributed by atoms with Gasteiger partial charge in [0.25, 0.3) is 0 Å². The number of pyridine rings is 2. The van der Waals surface area contributed by atoms with E-state index < -0.39 is 11.9 Å². The highest BCUT2D eigenvalue weighted by Gasteiger charge is 2.11. The zero-order valence-electron chi connectivity index (χ0n) is 9.11. The van der Waals surface area contributed by atoms with Crippen LogP contribution in [0.2, 0.25) is 0 Å². The molecule has 1 N–H and O–H groups in total. The third kappa shape index (κ3) is 2.67. The summed E-state index contributed by atoms with van der Waals surface area (Å²) in [5, 5.41) is 8.66. The molecule has 0 fully saturated rings. The highest BCUT2D eigenvalue weighted by Crippen LogP contribution is 2.10. The fourth-order valence-corrected chi connectivity index (χ4v) is 1.21. The highest BCUT2D eigenvalue weighted by atomic mass is 16.5. The first-order valence-electron chi connectivity index (χ1n) is 4.98. The molecular weight excluding hydrogens is 236 g/mol. The summed E-state index contributed by atoms with van der Waals surface area (Å²) in [6.45, 7) is 0. The van der Waals surface area contributed by atoms with E-state index in [1.165, 1.54) is 18.3 Å². The van der Waals surface area contributed by atoms with Crippen LogP contribution in [0.5, 0.6) is 5.75 Å². The Morgan fingerprint density at radius 1 is 1.17 bits per heavy atom. The zero-order valence-corrected chi connectivity index (χ0v) is 9.11. The van der Waals surface area contributed by atoms with Crippen LogP contribution in [0.4, 0.5) is 0 Å². The first-order chi connectivity index (χ1) is 8.66. The van der Waals surface area contributed by atoms with Gasteiger partial charge in [0.05, 0.1) is 11.8 Å². The van der Waals surface area contributed by atoms with Crippen LogP contribution >= 0.6 is 0 Å². The molecule has 0 aliphatic carbocycles. The van der Waals surface area contributed by atoms with Crippen LogP contribution in [0.15, 0.2) is 42.9 Å². The summed E-state index contributed by atoms with van der Waals surface area (Å²) in [6.07, 6.45) is 4.11. The first-order valence-corrected chi connectivity index (χ1v) is 4.98. The van der Waals surface area contributed by atoms with Gasteiger partial charge in [-0.15, -0.1) is 0 Å². The fourth-order valence-electron chi connectivity index (χ4n) is 1.21. The van der Waals surface area contributed by atoms with Gasteiger partial charge >= 0.3 is 11.9 Å². The standard InChI is InChI=1S/C12H8N2O4/c15-11(16)10-4-3-8(6-14-10)12(17)18-9-2-1-5-13-7-9/h1-7H,(H,15,16). The van der Waals surface area contributed by atoms with Crippen molar-refractivity contribution in [1.29, 1.82) is 0 Å². The summed E-state index contributed by atoms with van der Waals surface area (Å²) in [5.41, 5.74) is 0.0387. The quantitative estimate of drug-likeness (QED) is 0.820. The number of carbonyl (C=O) groups excluding carboxylic acids is 1. The van der Waals surface area contributed by atoms with Crippen molar-refractivity contribution in [2.45, 2.75) is 0 Å². The summed E-state index contributed by atoms with van der Waals surface area (Å²) in [5.74, 6) is -1.46. The van der Waals surface area contributed by atoms with Crippen LogP contribution in [-0.2, 0) is 0 Å². The van der Waals surface area contributed by atoms with Gasteiger partial charge in [-0.3, -0.25) is 4.98 Å². The number of hydrogen-bond donors (Lipinski definition) is 1. The molecule has 0 atom stereocenters. The molecule has 0 saturated carbocycles. The van der Waals surface area contributed by atoms with Gasteiger partial charge in [0.1, 0.15) is 11.4 Å². The Bertz CT molecular complexity index is 566. The number of carboxylic acids is 1. The third-order valence-corrected chi connectivity index (χ3v) is 2.06. The van der Waals surface area contributed by atoms with E-state index >= 15 is 0 Å². The molecule has 0 unspecified atom stereocenters. The fraction of sp³-hybridized carbons (Fsp3) is 0. The summed E-state index contributed by atoms with van der Waals surface area (Å²) in [7, 11) is 0. The molecule has 2 aromatic rings.